The molecular formula is C18H30I2O3Si. The van der Waals surface area contributed by atoms with Gasteiger partial charge in [-0.15, -0.1) is 0 Å². The standard InChI is InChI=1S/C18H30I2O3Si/c1-4-7-13-21-24(22-14-8-5-2,23-15-9-6-3)17-12-10-11-16(19)18(17)20/h10-12H,4-9,13-15H2,1-3H3. The van der Waals surface area contributed by atoms with Crippen molar-refractivity contribution >= 4 is 59.2 Å². The van der Waals surface area contributed by atoms with Crippen molar-refractivity contribution in [2.75, 3.05) is 19.8 Å². The Hall–Kier alpha value is 0.777. The predicted octanol–water partition coefficient (Wildman–Crippen LogP) is 5.49. The Bertz CT molecular complexity index is 445. The fraction of sp³-hybridized carbons (Fsp3) is 0.667. The molecule has 0 spiro atoms. The van der Waals surface area contributed by atoms with Gasteiger partial charge in [-0.25, -0.2) is 0 Å². The Morgan fingerprint density at radius 2 is 1.25 bits per heavy atom. The monoisotopic (exact) mass is 576 g/mol. The van der Waals surface area contributed by atoms with Gasteiger partial charge in [0.05, 0.1) is 0 Å². The second kappa shape index (κ2) is 13.0. The molecule has 0 bridgehead atoms. The van der Waals surface area contributed by atoms with Crippen molar-refractivity contribution in [3.8, 4) is 0 Å². The van der Waals surface area contributed by atoms with Gasteiger partial charge in [0.2, 0.25) is 0 Å². The van der Waals surface area contributed by atoms with E-state index in [0.29, 0.717) is 19.8 Å². The number of hydrogen-bond donors (Lipinski definition) is 0. The third-order valence-corrected chi connectivity index (χ3v) is 10.1. The molecule has 24 heavy (non-hydrogen) atoms. The molecule has 0 saturated carbocycles. The summed E-state index contributed by atoms with van der Waals surface area (Å²) in [4.78, 5) is 0. The third-order valence-electron chi connectivity index (χ3n) is 3.65. The van der Waals surface area contributed by atoms with Crippen LogP contribution in [0.1, 0.15) is 59.3 Å². The summed E-state index contributed by atoms with van der Waals surface area (Å²) in [6.07, 6.45) is 6.42. The molecule has 0 aliphatic rings. The SMILES string of the molecule is CCCCO[Si](OCCCC)(OCCCC)c1cccc(I)c1I. The van der Waals surface area contributed by atoms with Crippen LogP contribution in [-0.2, 0) is 13.3 Å². The minimum atomic E-state index is -2.87. The molecule has 0 heterocycles. The van der Waals surface area contributed by atoms with Crippen LogP contribution >= 0.6 is 45.2 Å². The van der Waals surface area contributed by atoms with E-state index in [0.717, 1.165) is 43.7 Å². The Morgan fingerprint density at radius 3 is 1.67 bits per heavy atom. The van der Waals surface area contributed by atoms with E-state index in [1.807, 2.05) is 0 Å². The molecule has 138 valence electrons. The normalized spacial score (nSPS) is 11.9. The summed E-state index contributed by atoms with van der Waals surface area (Å²) in [7, 11) is -2.87. The number of rotatable bonds is 13. The van der Waals surface area contributed by atoms with Gasteiger partial charge in [0.15, 0.2) is 0 Å². The molecule has 1 aromatic carbocycles. The summed E-state index contributed by atoms with van der Waals surface area (Å²) < 4.78 is 21.5. The van der Waals surface area contributed by atoms with Crippen LogP contribution in [0.2, 0.25) is 0 Å². The molecule has 0 aliphatic heterocycles. The summed E-state index contributed by atoms with van der Waals surface area (Å²) in [5, 5.41) is 1.12. The minimum absolute atomic E-state index is 0.697. The summed E-state index contributed by atoms with van der Waals surface area (Å²) in [6.45, 7) is 8.63. The number of benzene rings is 1. The third kappa shape index (κ3) is 7.18. The Balaban J connectivity index is 3.12. The van der Waals surface area contributed by atoms with E-state index >= 15 is 0 Å². The maximum Gasteiger partial charge on any atom is 0.538 e. The average molecular weight is 576 g/mol. The Labute approximate surface area is 175 Å². The highest BCUT2D eigenvalue weighted by atomic mass is 127. The van der Waals surface area contributed by atoms with E-state index in [1.54, 1.807) is 0 Å². The molecule has 0 unspecified atom stereocenters. The molecule has 0 atom stereocenters. The van der Waals surface area contributed by atoms with E-state index in [9.17, 15) is 0 Å². The van der Waals surface area contributed by atoms with Crippen LogP contribution in [0.3, 0.4) is 0 Å². The van der Waals surface area contributed by atoms with Gasteiger partial charge in [0.25, 0.3) is 0 Å². The molecule has 0 aromatic heterocycles. The number of hydrogen-bond acceptors (Lipinski definition) is 3. The first kappa shape index (κ1) is 22.8. The zero-order chi connectivity index (χ0) is 17.8. The zero-order valence-corrected chi connectivity index (χ0v) is 20.4. The molecule has 6 heteroatoms. The van der Waals surface area contributed by atoms with E-state index in [-0.39, 0.29) is 0 Å². The highest BCUT2D eigenvalue weighted by Gasteiger charge is 2.45. The molecule has 0 aliphatic carbocycles. The van der Waals surface area contributed by atoms with Gasteiger partial charge in [0, 0.05) is 32.1 Å². The topological polar surface area (TPSA) is 27.7 Å². The number of halogens is 2. The predicted molar refractivity (Wildman–Crippen MR) is 120 cm³/mol. The molecule has 0 radical (unpaired) electrons. The highest BCUT2D eigenvalue weighted by Crippen LogP contribution is 2.20. The van der Waals surface area contributed by atoms with Crippen molar-refractivity contribution in [1.82, 2.24) is 0 Å². The van der Waals surface area contributed by atoms with E-state index in [2.05, 4.69) is 84.2 Å². The molecule has 1 aromatic rings. The van der Waals surface area contributed by atoms with Crippen molar-refractivity contribution < 1.29 is 13.3 Å². The largest absolute Gasteiger partial charge is 0.538 e. The summed E-state index contributed by atoms with van der Waals surface area (Å²) >= 11 is 4.77. The summed E-state index contributed by atoms with van der Waals surface area (Å²) in [5.74, 6) is 0. The highest BCUT2D eigenvalue weighted by molar-refractivity contribution is 14.1. The van der Waals surface area contributed by atoms with Crippen molar-refractivity contribution in [3.05, 3.63) is 25.3 Å². The number of unbranched alkanes of at least 4 members (excludes halogenated alkanes) is 3. The molecule has 0 amide bonds. The molecular weight excluding hydrogens is 546 g/mol. The first-order valence-electron chi connectivity index (χ1n) is 8.97. The maximum atomic E-state index is 6.37. The lowest BCUT2D eigenvalue weighted by Crippen LogP contribution is -2.58. The molecule has 0 saturated heterocycles. The van der Waals surface area contributed by atoms with Gasteiger partial charge < -0.3 is 13.3 Å². The van der Waals surface area contributed by atoms with Crippen molar-refractivity contribution in [3.63, 3.8) is 0 Å². The maximum absolute atomic E-state index is 6.37. The lowest BCUT2D eigenvalue weighted by atomic mass is 10.4. The van der Waals surface area contributed by atoms with Crippen LogP contribution < -0.4 is 5.19 Å². The van der Waals surface area contributed by atoms with Crippen LogP contribution in [0, 0.1) is 7.14 Å². The zero-order valence-electron chi connectivity index (χ0n) is 15.1. The van der Waals surface area contributed by atoms with E-state index in [1.165, 1.54) is 7.14 Å². The lowest BCUT2D eigenvalue weighted by Gasteiger charge is -2.31. The van der Waals surface area contributed by atoms with Gasteiger partial charge in [-0.2, -0.15) is 0 Å². The average Bonchev–Trinajstić information content (AvgIpc) is 2.57. The van der Waals surface area contributed by atoms with Gasteiger partial charge in [0.1, 0.15) is 0 Å². The molecule has 1 rings (SSSR count). The van der Waals surface area contributed by atoms with Gasteiger partial charge in [-0.1, -0.05) is 52.2 Å². The summed E-state index contributed by atoms with van der Waals surface area (Å²) in [6, 6.07) is 6.33. The fourth-order valence-electron chi connectivity index (χ4n) is 2.15. The lowest BCUT2D eigenvalue weighted by molar-refractivity contribution is 0.0698. The quantitative estimate of drug-likeness (QED) is 0.177. The van der Waals surface area contributed by atoms with Crippen LogP contribution in [0.15, 0.2) is 18.2 Å². The second-order valence-corrected chi connectivity index (χ2v) is 10.5. The van der Waals surface area contributed by atoms with Crippen LogP contribution in [0.5, 0.6) is 0 Å². The van der Waals surface area contributed by atoms with Crippen molar-refractivity contribution in [2.45, 2.75) is 59.3 Å². The van der Waals surface area contributed by atoms with E-state index in [4.69, 9.17) is 13.3 Å². The molecule has 0 N–H and O–H groups in total. The Kier molecular flexibility index (Phi) is 12.4. The first-order valence-corrected chi connectivity index (χ1v) is 12.9. The van der Waals surface area contributed by atoms with Gasteiger partial charge >= 0.3 is 8.80 Å². The van der Waals surface area contributed by atoms with Crippen LogP contribution in [0.4, 0.5) is 0 Å². The smallest absolute Gasteiger partial charge is 0.370 e. The minimum Gasteiger partial charge on any atom is -0.370 e. The second-order valence-electron chi connectivity index (χ2n) is 5.76. The Morgan fingerprint density at radius 1 is 0.792 bits per heavy atom. The first-order chi connectivity index (χ1) is 11.6. The fourth-order valence-corrected chi connectivity index (χ4v) is 6.91. The van der Waals surface area contributed by atoms with Gasteiger partial charge in [-0.05, 0) is 70.5 Å². The van der Waals surface area contributed by atoms with Gasteiger partial charge in [-0.3, -0.25) is 0 Å². The van der Waals surface area contributed by atoms with E-state index < -0.39 is 8.80 Å². The van der Waals surface area contributed by atoms with Crippen LogP contribution in [-0.4, -0.2) is 28.6 Å². The van der Waals surface area contributed by atoms with Crippen LogP contribution in [0.25, 0.3) is 0 Å². The molecule has 3 nitrogen and oxygen atoms in total. The summed E-state index contributed by atoms with van der Waals surface area (Å²) in [5.41, 5.74) is 0. The van der Waals surface area contributed by atoms with Crippen molar-refractivity contribution in [2.24, 2.45) is 0 Å². The molecule has 0 fully saturated rings. The van der Waals surface area contributed by atoms with Crippen molar-refractivity contribution in [1.29, 1.82) is 0 Å².